The van der Waals surface area contributed by atoms with Crippen molar-refractivity contribution in [3.05, 3.63) is 64.2 Å². The van der Waals surface area contributed by atoms with E-state index in [2.05, 4.69) is 10.5 Å². The minimum atomic E-state index is -1.29. The molecule has 0 atom stereocenters. The first-order valence-electron chi connectivity index (χ1n) is 6.15. The number of nitrogens with one attached hydrogen (secondary N) is 1. The molecule has 2 aromatic rings. The number of carbonyl (C=O) groups is 1. The average molecular weight is 324 g/mol. The number of hydrogen-bond donors (Lipinski definition) is 1. The highest BCUT2D eigenvalue weighted by Crippen LogP contribution is 2.20. The molecule has 0 radical (unpaired) electrons. The number of aromatic carboxylic acids is 1. The third-order valence-corrected chi connectivity index (χ3v) is 3.16. The first kappa shape index (κ1) is 15.9. The summed E-state index contributed by atoms with van der Waals surface area (Å²) in [5, 5.41) is 14.2. The van der Waals surface area contributed by atoms with Crippen molar-refractivity contribution in [1.82, 2.24) is 0 Å². The van der Waals surface area contributed by atoms with Crippen LogP contribution in [0.2, 0.25) is 5.02 Å². The van der Waals surface area contributed by atoms with Gasteiger partial charge in [0, 0.05) is 5.56 Å². The largest absolute Gasteiger partial charge is 0.545 e. The van der Waals surface area contributed by atoms with E-state index in [1.54, 1.807) is 0 Å². The lowest BCUT2D eigenvalue weighted by Gasteiger charge is -2.07. The smallest absolute Gasteiger partial charge is 0.142 e. The van der Waals surface area contributed by atoms with Gasteiger partial charge in [-0.05, 0) is 36.8 Å². The minimum absolute atomic E-state index is 0.0251. The molecule has 2 aromatic carbocycles. The first-order valence-corrected chi connectivity index (χ1v) is 6.53. The topological polar surface area (TPSA) is 64.5 Å². The SMILES string of the molecule is C/C(=N\Nc1ccc(C(=O)[O-])cc1)c1cc(F)c(Cl)cc1F. The summed E-state index contributed by atoms with van der Waals surface area (Å²) in [6.45, 7) is 1.49. The second kappa shape index (κ2) is 6.53. The van der Waals surface area contributed by atoms with Crippen LogP contribution in [-0.4, -0.2) is 11.7 Å². The minimum Gasteiger partial charge on any atom is -0.545 e. The highest BCUT2D eigenvalue weighted by Gasteiger charge is 2.11. The number of hydrazone groups is 1. The number of rotatable bonds is 4. The number of carboxylic acid groups (broad SMARTS) is 1. The quantitative estimate of drug-likeness (QED) is 0.534. The van der Waals surface area contributed by atoms with Crippen molar-refractivity contribution >= 4 is 29.0 Å². The summed E-state index contributed by atoms with van der Waals surface area (Å²) in [5.41, 5.74) is 3.31. The summed E-state index contributed by atoms with van der Waals surface area (Å²) in [4.78, 5) is 10.6. The Kier molecular flexibility index (Phi) is 4.72. The standard InChI is InChI=1S/C15H11ClF2N2O2/c1-8(11-6-14(18)12(16)7-13(11)17)19-20-10-4-2-9(3-5-10)15(21)22/h2-7,20H,1H3,(H,21,22)/p-1/b19-8+. The fraction of sp³-hybridized carbons (Fsp3) is 0.0667. The van der Waals surface area contributed by atoms with Crippen molar-refractivity contribution in [2.24, 2.45) is 5.10 Å². The molecule has 2 rings (SSSR count). The summed E-state index contributed by atoms with van der Waals surface area (Å²) in [5.74, 6) is -2.72. The normalized spacial score (nSPS) is 11.4. The summed E-state index contributed by atoms with van der Waals surface area (Å²) < 4.78 is 27.1. The Morgan fingerprint density at radius 3 is 2.41 bits per heavy atom. The van der Waals surface area contributed by atoms with Gasteiger partial charge in [-0.15, -0.1) is 0 Å². The van der Waals surface area contributed by atoms with Gasteiger partial charge in [-0.2, -0.15) is 5.10 Å². The fourth-order valence-electron chi connectivity index (χ4n) is 1.69. The molecule has 0 amide bonds. The molecule has 22 heavy (non-hydrogen) atoms. The molecular formula is C15H10ClF2N2O2-. The zero-order valence-electron chi connectivity index (χ0n) is 11.4. The van der Waals surface area contributed by atoms with Gasteiger partial charge in [-0.1, -0.05) is 23.7 Å². The maximum atomic E-state index is 13.7. The van der Waals surface area contributed by atoms with Crippen LogP contribution in [0.25, 0.3) is 0 Å². The van der Waals surface area contributed by atoms with Crippen LogP contribution in [0.15, 0.2) is 41.5 Å². The van der Waals surface area contributed by atoms with Crippen LogP contribution >= 0.6 is 11.6 Å². The highest BCUT2D eigenvalue weighted by molar-refractivity contribution is 6.30. The van der Waals surface area contributed by atoms with Gasteiger partial charge in [0.05, 0.1) is 22.4 Å². The van der Waals surface area contributed by atoms with Gasteiger partial charge < -0.3 is 9.90 Å². The zero-order valence-corrected chi connectivity index (χ0v) is 12.1. The number of nitrogens with zero attached hydrogens (tertiary/aromatic N) is 1. The van der Waals surface area contributed by atoms with Gasteiger partial charge in [0.25, 0.3) is 0 Å². The summed E-state index contributed by atoms with van der Waals surface area (Å²) in [7, 11) is 0. The molecular weight excluding hydrogens is 314 g/mol. The second-order valence-electron chi connectivity index (χ2n) is 4.42. The Balaban J connectivity index is 2.19. The molecule has 0 saturated carbocycles. The lowest BCUT2D eigenvalue weighted by molar-refractivity contribution is -0.255. The molecule has 0 spiro atoms. The summed E-state index contributed by atoms with van der Waals surface area (Å²) >= 11 is 5.48. The molecule has 0 saturated heterocycles. The van der Waals surface area contributed by atoms with E-state index in [0.29, 0.717) is 5.69 Å². The van der Waals surface area contributed by atoms with Crippen molar-refractivity contribution in [2.45, 2.75) is 6.92 Å². The van der Waals surface area contributed by atoms with Gasteiger partial charge >= 0.3 is 0 Å². The maximum Gasteiger partial charge on any atom is 0.142 e. The lowest BCUT2D eigenvalue weighted by Crippen LogP contribution is -2.21. The monoisotopic (exact) mass is 323 g/mol. The number of benzene rings is 2. The van der Waals surface area contributed by atoms with Crippen LogP contribution in [0.4, 0.5) is 14.5 Å². The van der Waals surface area contributed by atoms with Gasteiger partial charge in [0.1, 0.15) is 11.6 Å². The average Bonchev–Trinajstić information content (AvgIpc) is 2.49. The molecule has 0 aliphatic carbocycles. The van der Waals surface area contributed by atoms with Crippen molar-refractivity contribution in [2.75, 3.05) is 5.43 Å². The van der Waals surface area contributed by atoms with Crippen LogP contribution in [0.3, 0.4) is 0 Å². The van der Waals surface area contributed by atoms with Crippen LogP contribution in [-0.2, 0) is 0 Å². The molecule has 0 unspecified atom stereocenters. The van der Waals surface area contributed by atoms with E-state index in [4.69, 9.17) is 11.6 Å². The Bertz CT molecular complexity index is 746. The molecule has 7 heteroatoms. The maximum absolute atomic E-state index is 13.7. The molecule has 0 fully saturated rings. The molecule has 114 valence electrons. The Morgan fingerprint density at radius 1 is 1.18 bits per heavy atom. The van der Waals surface area contributed by atoms with E-state index in [9.17, 15) is 18.7 Å². The van der Waals surface area contributed by atoms with E-state index in [1.807, 2.05) is 0 Å². The Morgan fingerprint density at radius 2 is 1.82 bits per heavy atom. The van der Waals surface area contributed by atoms with Crippen LogP contribution in [0, 0.1) is 11.6 Å². The Labute approximate surface area is 130 Å². The third kappa shape index (κ3) is 3.59. The highest BCUT2D eigenvalue weighted by atomic mass is 35.5. The second-order valence-corrected chi connectivity index (χ2v) is 4.83. The van der Waals surface area contributed by atoms with E-state index in [0.717, 1.165) is 12.1 Å². The third-order valence-electron chi connectivity index (χ3n) is 2.87. The van der Waals surface area contributed by atoms with E-state index < -0.39 is 17.6 Å². The number of hydrogen-bond acceptors (Lipinski definition) is 4. The lowest BCUT2D eigenvalue weighted by atomic mass is 10.1. The van der Waals surface area contributed by atoms with E-state index in [-0.39, 0.29) is 21.9 Å². The van der Waals surface area contributed by atoms with Crippen molar-refractivity contribution in [3.63, 3.8) is 0 Å². The first-order chi connectivity index (χ1) is 10.4. The zero-order chi connectivity index (χ0) is 16.3. The summed E-state index contributed by atoms with van der Waals surface area (Å²) in [6.07, 6.45) is 0. The van der Waals surface area contributed by atoms with Crippen LogP contribution in [0.1, 0.15) is 22.8 Å². The van der Waals surface area contributed by atoms with Crippen LogP contribution in [0.5, 0.6) is 0 Å². The predicted molar refractivity (Wildman–Crippen MR) is 78.0 cm³/mol. The summed E-state index contributed by atoms with van der Waals surface area (Å²) in [6, 6.07) is 7.45. The molecule has 0 aromatic heterocycles. The van der Waals surface area contributed by atoms with Crippen molar-refractivity contribution in [3.8, 4) is 0 Å². The molecule has 0 bridgehead atoms. The molecule has 1 N–H and O–H groups in total. The molecule has 0 aliphatic rings. The van der Waals surface area contributed by atoms with Crippen molar-refractivity contribution in [1.29, 1.82) is 0 Å². The van der Waals surface area contributed by atoms with Gasteiger partial charge in [-0.3, -0.25) is 5.43 Å². The number of anilines is 1. The van der Waals surface area contributed by atoms with Gasteiger partial charge in [0.15, 0.2) is 0 Å². The Hall–Kier alpha value is -2.47. The van der Waals surface area contributed by atoms with Gasteiger partial charge in [0.2, 0.25) is 0 Å². The number of carbonyl (C=O) groups excluding carboxylic acids is 1. The fourth-order valence-corrected chi connectivity index (χ4v) is 1.84. The van der Waals surface area contributed by atoms with Gasteiger partial charge in [-0.25, -0.2) is 8.78 Å². The molecule has 0 aliphatic heterocycles. The predicted octanol–water partition coefficient (Wildman–Crippen LogP) is 2.82. The van der Waals surface area contributed by atoms with Crippen LogP contribution < -0.4 is 10.5 Å². The van der Waals surface area contributed by atoms with Crippen molar-refractivity contribution < 1.29 is 18.7 Å². The molecule has 4 nitrogen and oxygen atoms in total. The number of halogens is 3. The van der Waals surface area contributed by atoms with E-state index >= 15 is 0 Å². The van der Waals surface area contributed by atoms with E-state index in [1.165, 1.54) is 31.2 Å². The number of carboxylic acids is 1. The molecule has 0 heterocycles.